The van der Waals surface area contributed by atoms with E-state index < -0.39 is 0 Å². The maximum absolute atomic E-state index is 5.40. The van der Waals surface area contributed by atoms with Crippen LogP contribution in [0.3, 0.4) is 0 Å². The first-order valence-corrected chi connectivity index (χ1v) is 5.24. The van der Waals surface area contributed by atoms with E-state index in [0.29, 0.717) is 36.4 Å². The van der Waals surface area contributed by atoms with Gasteiger partial charge in [-0.05, 0) is 13.8 Å². The third kappa shape index (κ3) is 6.97. The lowest BCUT2D eigenvalue weighted by molar-refractivity contribution is 0.157. The second kappa shape index (κ2) is 9.09. The monoisotopic (exact) mass is 240 g/mol. The van der Waals surface area contributed by atoms with Gasteiger partial charge in [-0.3, -0.25) is 0 Å². The van der Waals surface area contributed by atoms with E-state index in [0.717, 1.165) is 0 Å². The van der Waals surface area contributed by atoms with Crippen molar-refractivity contribution >= 4 is 34.6 Å². The Morgan fingerprint density at radius 3 is 1.57 bits per heavy atom. The molecule has 4 nitrogen and oxygen atoms in total. The quantitative estimate of drug-likeness (QED) is 0.297. The fraction of sp³-hybridized carbons (Fsp3) is 0.750. The Morgan fingerprint density at radius 1 is 0.929 bits per heavy atom. The molecular formula is C8H14Cl2N2O2. The molecule has 0 saturated carbocycles. The van der Waals surface area contributed by atoms with Crippen LogP contribution in [0.15, 0.2) is 10.3 Å². The topological polar surface area (TPSA) is 43.2 Å². The highest BCUT2D eigenvalue weighted by Crippen LogP contribution is 1.89. The minimum Gasteiger partial charge on any atom is -0.394 e. The zero-order chi connectivity index (χ0) is 10.8. The maximum Gasteiger partial charge on any atom is 0.130 e. The van der Waals surface area contributed by atoms with Crippen molar-refractivity contribution in [2.24, 2.45) is 10.3 Å². The van der Waals surface area contributed by atoms with Crippen molar-refractivity contribution in [1.82, 2.24) is 0 Å². The first kappa shape index (κ1) is 13.5. The molecule has 0 heterocycles. The lowest BCUT2D eigenvalue weighted by Gasteiger charge is -2.00. The van der Waals surface area contributed by atoms with Gasteiger partial charge in [-0.1, -0.05) is 10.3 Å². The molecule has 0 aliphatic carbocycles. The highest BCUT2D eigenvalue weighted by Gasteiger charge is 1.97. The molecule has 0 aromatic carbocycles. The number of halogens is 2. The van der Waals surface area contributed by atoms with Crippen LogP contribution in [0.2, 0.25) is 0 Å². The SMILES string of the molecule is CC(=N/OCCCl)/C(C)=N/OCCCl. The van der Waals surface area contributed by atoms with Crippen LogP contribution in [0.4, 0.5) is 0 Å². The van der Waals surface area contributed by atoms with Gasteiger partial charge in [-0.15, -0.1) is 23.2 Å². The average molecular weight is 241 g/mol. The van der Waals surface area contributed by atoms with Crippen LogP contribution in [0, 0.1) is 0 Å². The molecule has 0 radical (unpaired) electrons. The minimum atomic E-state index is 0.384. The van der Waals surface area contributed by atoms with Crippen molar-refractivity contribution in [2.45, 2.75) is 13.8 Å². The lowest BCUT2D eigenvalue weighted by Crippen LogP contribution is -2.08. The lowest BCUT2D eigenvalue weighted by atomic mass is 10.3. The fourth-order valence-electron chi connectivity index (χ4n) is 0.486. The third-order valence-electron chi connectivity index (χ3n) is 1.26. The summed E-state index contributed by atoms with van der Waals surface area (Å²) in [6.07, 6.45) is 0. The molecule has 0 fully saturated rings. The number of oxime groups is 2. The Balaban J connectivity index is 3.89. The smallest absolute Gasteiger partial charge is 0.130 e. The van der Waals surface area contributed by atoms with Crippen molar-refractivity contribution in [3.05, 3.63) is 0 Å². The van der Waals surface area contributed by atoms with Gasteiger partial charge in [0.15, 0.2) is 0 Å². The van der Waals surface area contributed by atoms with E-state index in [4.69, 9.17) is 32.9 Å². The number of hydrogen-bond donors (Lipinski definition) is 0. The van der Waals surface area contributed by atoms with Gasteiger partial charge in [0.1, 0.15) is 24.6 Å². The summed E-state index contributed by atoms with van der Waals surface area (Å²) < 4.78 is 0. The van der Waals surface area contributed by atoms with Gasteiger partial charge in [-0.25, -0.2) is 0 Å². The summed E-state index contributed by atoms with van der Waals surface area (Å²) in [6.45, 7) is 4.32. The second-order valence-corrected chi connectivity index (χ2v) is 3.15. The van der Waals surface area contributed by atoms with E-state index in [-0.39, 0.29) is 0 Å². The first-order valence-electron chi connectivity index (χ1n) is 4.17. The van der Waals surface area contributed by atoms with E-state index >= 15 is 0 Å². The molecule has 0 saturated heterocycles. The van der Waals surface area contributed by atoms with Gasteiger partial charge < -0.3 is 9.68 Å². The van der Waals surface area contributed by atoms with E-state index in [9.17, 15) is 0 Å². The Bertz CT molecular complexity index is 186. The summed E-state index contributed by atoms with van der Waals surface area (Å²) >= 11 is 10.8. The molecule has 0 aromatic heterocycles. The van der Waals surface area contributed by atoms with E-state index in [1.54, 1.807) is 13.8 Å². The van der Waals surface area contributed by atoms with Crippen molar-refractivity contribution in [3.8, 4) is 0 Å². The largest absolute Gasteiger partial charge is 0.394 e. The van der Waals surface area contributed by atoms with E-state index in [2.05, 4.69) is 10.3 Å². The third-order valence-corrected chi connectivity index (χ3v) is 1.57. The zero-order valence-corrected chi connectivity index (χ0v) is 9.81. The molecule has 0 amide bonds. The number of nitrogens with zero attached hydrogens (tertiary/aromatic N) is 2. The van der Waals surface area contributed by atoms with Crippen LogP contribution in [-0.4, -0.2) is 36.4 Å². The van der Waals surface area contributed by atoms with Gasteiger partial charge in [-0.2, -0.15) is 0 Å². The molecule has 0 aromatic rings. The number of hydrogen-bond acceptors (Lipinski definition) is 4. The summed E-state index contributed by atoms with van der Waals surface area (Å²) in [7, 11) is 0. The molecule has 0 unspecified atom stereocenters. The van der Waals surface area contributed by atoms with Gasteiger partial charge in [0, 0.05) is 0 Å². The fourth-order valence-corrected chi connectivity index (χ4v) is 0.624. The van der Waals surface area contributed by atoms with Crippen molar-refractivity contribution in [3.63, 3.8) is 0 Å². The number of rotatable bonds is 7. The molecule has 14 heavy (non-hydrogen) atoms. The highest BCUT2D eigenvalue weighted by molar-refractivity contribution is 6.40. The summed E-state index contributed by atoms with van der Waals surface area (Å²) in [5.74, 6) is 0.825. The molecule has 0 rings (SSSR count). The summed E-state index contributed by atoms with van der Waals surface area (Å²) in [5, 5.41) is 7.56. The summed E-state index contributed by atoms with van der Waals surface area (Å²) in [4.78, 5) is 9.73. The first-order chi connectivity index (χ1) is 6.72. The standard InChI is InChI=1S/C8H14Cl2N2O2/c1-7(11-13-5-3-9)8(2)12-14-6-4-10/h3-6H2,1-2H3/b11-7-,12-8+. The molecule has 0 bridgehead atoms. The molecule has 6 heteroatoms. The Morgan fingerprint density at radius 2 is 1.29 bits per heavy atom. The van der Waals surface area contributed by atoms with Crippen LogP contribution < -0.4 is 0 Å². The van der Waals surface area contributed by atoms with Gasteiger partial charge in [0.25, 0.3) is 0 Å². The Hall–Kier alpha value is -0.480. The van der Waals surface area contributed by atoms with Crippen LogP contribution in [0.1, 0.15) is 13.8 Å². The van der Waals surface area contributed by atoms with Crippen LogP contribution >= 0.6 is 23.2 Å². The number of alkyl halides is 2. The highest BCUT2D eigenvalue weighted by atomic mass is 35.5. The van der Waals surface area contributed by atoms with Gasteiger partial charge in [0.2, 0.25) is 0 Å². The van der Waals surface area contributed by atoms with E-state index in [1.807, 2.05) is 0 Å². The maximum atomic E-state index is 5.40. The van der Waals surface area contributed by atoms with Crippen molar-refractivity contribution in [2.75, 3.05) is 25.0 Å². The van der Waals surface area contributed by atoms with Crippen molar-refractivity contribution in [1.29, 1.82) is 0 Å². The predicted octanol–water partition coefficient (Wildman–Crippen LogP) is 2.25. The van der Waals surface area contributed by atoms with Crippen molar-refractivity contribution < 1.29 is 9.68 Å². The zero-order valence-electron chi connectivity index (χ0n) is 8.30. The second-order valence-electron chi connectivity index (χ2n) is 2.40. The minimum absolute atomic E-state index is 0.384. The normalized spacial score (nSPS) is 12.9. The molecule has 0 aliphatic heterocycles. The van der Waals surface area contributed by atoms with Crippen LogP contribution in [0.25, 0.3) is 0 Å². The molecule has 0 spiro atoms. The molecule has 0 aliphatic rings. The van der Waals surface area contributed by atoms with Gasteiger partial charge >= 0.3 is 0 Å². The summed E-state index contributed by atoms with van der Waals surface area (Å²) in [6, 6.07) is 0. The molecule has 82 valence electrons. The summed E-state index contributed by atoms with van der Waals surface area (Å²) in [5.41, 5.74) is 1.31. The average Bonchev–Trinajstić information content (AvgIpc) is 2.18. The molecule has 0 atom stereocenters. The predicted molar refractivity (Wildman–Crippen MR) is 59.6 cm³/mol. The Kier molecular flexibility index (Phi) is 8.78. The molecule has 0 N–H and O–H groups in total. The molecular weight excluding hydrogens is 227 g/mol. The van der Waals surface area contributed by atoms with Gasteiger partial charge in [0.05, 0.1) is 11.8 Å². The van der Waals surface area contributed by atoms with Crippen LogP contribution in [0.5, 0.6) is 0 Å². The Labute approximate surface area is 93.8 Å². The van der Waals surface area contributed by atoms with Crippen LogP contribution in [-0.2, 0) is 9.68 Å². The van der Waals surface area contributed by atoms with E-state index in [1.165, 1.54) is 0 Å².